The van der Waals surface area contributed by atoms with Gasteiger partial charge in [-0.05, 0) is 53.6 Å². The second-order valence-electron chi connectivity index (χ2n) is 6.95. The number of halogens is 2. The molecule has 0 aliphatic carbocycles. The minimum absolute atomic E-state index is 0.0196. The molecule has 0 fully saturated rings. The van der Waals surface area contributed by atoms with E-state index in [1.54, 1.807) is 36.4 Å². The fourth-order valence-electron chi connectivity index (χ4n) is 3.73. The summed E-state index contributed by atoms with van der Waals surface area (Å²) in [6, 6.07) is 24.2. The smallest absolute Gasteiger partial charge is 0.123 e. The highest BCUT2D eigenvalue weighted by Gasteiger charge is 2.27. The Bertz CT molecular complexity index is 1150. The van der Waals surface area contributed by atoms with Gasteiger partial charge in [0.25, 0.3) is 0 Å². The number of phenols is 3. The Morgan fingerprint density at radius 2 is 1.10 bits per heavy atom. The molecule has 4 rings (SSSR count). The highest BCUT2D eigenvalue weighted by molar-refractivity contribution is 6.31. The van der Waals surface area contributed by atoms with Gasteiger partial charge < -0.3 is 15.3 Å². The Hall–Kier alpha value is -3.14. The predicted octanol–water partition coefficient (Wildman–Crippen LogP) is 6.96. The molecule has 3 nitrogen and oxygen atoms in total. The van der Waals surface area contributed by atoms with Crippen LogP contribution in [0.15, 0.2) is 84.9 Å². The molecule has 5 heteroatoms. The fourth-order valence-corrected chi connectivity index (χ4v) is 4.09. The summed E-state index contributed by atoms with van der Waals surface area (Å²) in [5.41, 5.74) is 3.07. The Morgan fingerprint density at radius 1 is 0.533 bits per heavy atom. The monoisotopic (exact) mass is 436 g/mol. The van der Waals surface area contributed by atoms with Gasteiger partial charge in [-0.3, -0.25) is 0 Å². The summed E-state index contributed by atoms with van der Waals surface area (Å²) in [5.74, 6) is -0.506. The molecule has 0 unspecified atom stereocenters. The zero-order valence-electron chi connectivity index (χ0n) is 15.8. The molecule has 0 radical (unpaired) electrons. The number of rotatable bonds is 4. The number of hydrogen-bond acceptors (Lipinski definition) is 3. The number of hydrogen-bond donors (Lipinski definition) is 3. The molecule has 150 valence electrons. The van der Waals surface area contributed by atoms with Gasteiger partial charge >= 0.3 is 0 Å². The molecule has 4 aromatic carbocycles. The van der Waals surface area contributed by atoms with Crippen LogP contribution >= 0.6 is 23.2 Å². The molecule has 0 spiro atoms. The zero-order valence-corrected chi connectivity index (χ0v) is 17.3. The largest absolute Gasteiger partial charge is 0.508 e. The second-order valence-corrected chi connectivity index (χ2v) is 7.82. The SMILES string of the molecule is Oc1ccc(Cl)cc1C(c1cc(Cl)ccc1O)c1cccc(O)c1-c1ccccc1. The van der Waals surface area contributed by atoms with E-state index in [-0.39, 0.29) is 17.2 Å². The van der Waals surface area contributed by atoms with E-state index in [2.05, 4.69) is 0 Å². The molecule has 0 heterocycles. The standard InChI is InChI=1S/C25H18Cl2O3/c26-16-9-11-21(28)19(13-16)25(20-14-17(27)10-12-22(20)29)18-7-4-8-23(30)24(18)15-5-2-1-3-6-15/h1-14,25,28-30H. The fraction of sp³-hybridized carbons (Fsp3) is 0.0400. The Balaban J connectivity index is 2.07. The Labute approximate surface area is 184 Å². The topological polar surface area (TPSA) is 60.7 Å². The molecule has 3 N–H and O–H groups in total. The van der Waals surface area contributed by atoms with Crippen LogP contribution in [0.5, 0.6) is 17.2 Å². The third-order valence-corrected chi connectivity index (χ3v) is 5.52. The maximum atomic E-state index is 10.8. The maximum absolute atomic E-state index is 10.8. The van der Waals surface area contributed by atoms with Crippen LogP contribution in [0.1, 0.15) is 22.6 Å². The average Bonchev–Trinajstić information content (AvgIpc) is 2.74. The van der Waals surface area contributed by atoms with Crippen LogP contribution < -0.4 is 0 Å². The van der Waals surface area contributed by atoms with Crippen LogP contribution in [0, 0.1) is 0 Å². The molecule has 4 aromatic rings. The quantitative estimate of drug-likeness (QED) is 0.303. The Kier molecular flexibility index (Phi) is 5.58. The van der Waals surface area contributed by atoms with E-state index in [0.717, 1.165) is 5.56 Å². The van der Waals surface area contributed by atoms with Crippen LogP contribution in [0.4, 0.5) is 0 Å². The molecule has 0 aromatic heterocycles. The summed E-state index contributed by atoms with van der Waals surface area (Å²) in [6.45, 7) is 0. The van der Waals surface area contributed by atoms with E-state index < -0.39 is 5.92 Å². The van der Waals surface area contributed by atoms with Crippen molar-refractivity contribution in [1.29, 1.82) is 0 Å². The minimum Gasteiger partial charge on any atom is -0.508 e. The van der Waals surface area contributed by atoms with E-state index in [1.807, 2.05) is 36.4 Å². The van der Waals surface area contributed by atoms with Crippen molar-refractivity contribution in [2.75, 3.05) is 0 Å². The van der Waals surface area contributed by atoms with Gasteiger partial charge in [0.15, 0.2) is 0 Å². The zero-order chi connectivity index (χ0) is 21.3. The summed E-state index contributed by atoms with van der Waals surface area (Å²) in [6.07, 6.45) is 0. The molecule has 0 atom stereocenters. The van der Waals surface area contributed by atoms with Crippen molar-refractivity contribution in [1.82, 2.24) is 0 Å². The lowest BCUT2D eigenvalue weighted by Crippen LogP contribution is -2.06. The first-order valence-electron chi connectivity index (χ1n) is 9.30. The van der Waals surface area contributed by atoms with E-state index in [9.17, 15) is 15.3 Å². The summed E-state index contributed by atoms with van der Waals surface area (Å²) in [5, 5.41) is 33.0. The second kappa shape index (κ2) is 8.31. The summed E-state index contributed by atoms with van der Waals surface area (Å²) in [7, 11) is 0. The third-order valence-electron chi connectivity index (χ3n) is 5.05. The number of benzene rings is 4. The van der Waals surface area contributed by atoms with Crippen LogP contribution in [-0.4, -0.2) is 15.3 Å². The van der Waals surface area contributed by atoms with Crippen molar-refractivity contribution >= 4 is 23.2 Å². The highest BCUT2D eigenvalue weighted by atomic mass is 35.5. The van der Waals surface area contributed by atoms with Gasteiger partial charge in [-0.15, -0.1) is 0 Å². The van der Waals surface area contributed by atoms with E-state index >= 15 is 0 Å². The lowest BCUT2D eigenvalue weighted by molar-refractivity contribution is 0.457. The van der Waals surface area contributed by atoms with E-state index in [0.29, 0.717) is 32.3 Å². The highest BCUT2D eigenvalue weighted by Crippen LogP contribution is 2.47. The minimum atomic E-state index is -0.635. The average molecular weight is 437 g/mol. The molecule has 0 aliphatic rings. The predicted molar refractivity (Wildman–Crippen MR) is 121 cm³/mol. The van der Waals surface area contributed by atoms with Crippen molar-refractivity contribution in [2.24, 2.45) is 0 Å². The molecule has 0 aliphatic heterocycles. The molecular weight excluding hydrogens is 419 g/mol. The number of aromatic hydroxyl groups is 3. The van der Waals surface area contributed by atoms with Gasteiger partial charge in [0.2, 0.25) is 0 Å². The molecule has 0 saturated carbocycles. The first kappa shape index (κ1) is 20.1. The van der Waals surface area contributed by atoms with Gasteiger partial charge in [0.05, 0.1) is 0 Å². The van der Waals surface area contributed by atoms with Crippen molar-refractivity contribution in [2.45, 2.75) is 5.92 Å². The van der Waals surface area contributed by atoms with Crippen LogP contribution in [-0.2, 0) is 0 Å². The first-order valence-corrected chi connectivity index (χ1v) is 10.1. The first-order chi connectivity index (χ1) is 14.5. The molecule has 30 heavy (non-hydrogen) atoms. The number of phenolic OH excluding ortho intramolecular Hbond substituents is 3. The van der Waals surface area contributed by atoms with Gasteiger partial charge in [-0.2, -0.15) is 0 Å². The summed E-state index contributed by atoms with van der Waals surface area (Å²) in [4.78, 5) is 0. The maximum Gasteiger partial charge on any atom is 0.123 e. The van der Waals surface area contributed by atoms with Crippen LogP contribution in [0.2, 0.25) is 10.0 Å². The van der Waals surface area contributed by atoms with Gasteiger partial charge in [-0.25, -0.2) is 0 Å². The molecule has 0 amide bonds. The summed E-state index contributed by atoms with van der Waals surface area (Å²) < 4.78 is 0. The molecule has 0 saturated heterocycles. The lowest BCUT2D eigenvalue weighted by Gasteiger charge is -2.24. The van der Waals surface area contributed by atoms with Crippen LogP contribution in [0.25, 0.3) is 11.1 Å². The van der Waals surface area contributed by atoms with Gasteiger partial charge in [0.1, 0.15) is 17.2 Å². The van der Waals surface area contributed by atoms with Crippen molar-refractivity contribution in [3.8, 4) is 28.4 Å². The van der Waals surface area contributed by atoms with Gasteiger partial charge in [-0.1, -0.05) is 65.7 Å². The van der Waals surface area contributed by atoms with Crippen LogP contribution in [0.3, 0.4) is 0 Å². The lowest BCUT2D eigenvalue weighted by atomic mass is 9.80. The third kappa shape index (κ3) is 3.82. The van der Waals surface area contributed by atoms with E-state index in [1.165, 1.54) is 12.1 Å². The van der Waals surface area contributed by atoms with Crippen molar-refractivity contribution in [3.63, 3.8) is 0 Å². The van der Waals surface area contributed by atoms with E-state index in [4.69, 9.17) is 23.2 Å². The van der Waals surface area contributed by atoms with Gasteiger partial charge in [0, 0.05) is 32.7 Å². The van der Waals surface area contributed by atoms with Crippen molar-refractivity contribution < 1.29 is 15.3 Å². The Morgan fingerprint density at radius 3 is 1.67 bits per heavy atom. The normalized spacial score (nSPS) is 11.0. The summed E-state index contributed by atoms with van der Waals surface area (Å²) >= 11 is 12.5. The molecule has 0 bridgehead atoms. The van der Waals surface area contributed by atoms with Crippen molar-refractivity contribution in [3.05, 3.63) is 112 Å². The molecular formula is C25H18Cl2O3.